The standard InChI is InChI=1S/C14H24N2O2S/c1-11(18)12-7-13(15-4-2-5-17)9-16(8-12)14-3-6-19-10-14/h3,6,10-13,15,17-18H,2,4-5,7-9H2,1H3. The third-order valence-corrected chi connectivity index (χ3v) is 4.48. The third kappa shape index (κ3) is 4.18. The van der Waals surface area contributed by atoms with E-state index in [1.165, 1.54) is 5.69 Å². The number of nitrogens with zero attached hydrogens (tertiary/aromatic N) is 1. The summed E-state index contributed by atoms with van der Waals surface area (Å²) in [6, 6.07) is 2.53. The smallest absolute Gasteiger partial charge is 0.0557 e. The Bertz CT molecular complexity index is 356. The highest BCUT2D eigenvalue weighted by Crippen LogP contribution is 2.26. The van der Waals surface area contributed by atoms with Gasteiger partial charge >= 0.3 is 0 Å². The number of rotatable bonds is 6. The fourth-order valence-electron chi connectivity index (χ4n) is 2.67. The molecule has 2 heterocycles. The molecule has 19 heavy (non-hydrogen) atoms. The van der Waals surface area contributed by atoms with Gasteiger partial charge in [0.15, 0.2) is 0 Å². The lowest BCUT2D eigenvalue weighted by Crippen LogP contribution is -2.51. The maximum absolute atomic E-state index is 9.89. The van der Waals surface area contributed by atoms with Crippen LogP contribution in [-0.2, 0) is 0 Å². The predicted octanol–water partition coefficient (Wildman–Crippen LogP) is 1.30. The van der Waals surface area contributed by atoms with E-state index >= 15 is 0 Å². The molecule has 1 aliphatic heterocycles. The average molecular weight is 284 g/mol. The lowest BCUT2D eigenvalue weighted by atomic mass is 9.90. The molecule has 1 aromatic rings. The Hall–Kier alpha value is -0.620. The van der Waals surface area contributed by atoms with E-state index < -0.39 is 0 Å². The molecule has 1 aromatic heterocycles. The van der Waals surface area contributed by atoms with Crippen LogP contribution in [0.5, 0.6) is 0 Å². The van der Waals surface area contributed by atoms with Crippen molar-refractivity contribution in [2.24, 2.45) is 5.92 Å². The molecule has 108 valence electrons. The molecule has 3 atom stereocenters. The molecule has 0 radical (unpaired) electrons. The van der Waals surface area contributed by atoms with Crippen molar-refractivity contribution < 1.29 is 10.2 Å². The van der Waals surface area contributed by atoms with Gasteiger partial charge in [-0.3, -0.25) is 0 Å². The molecular weight excluding hydrogens is 260 g/mol. The summed E-state index contributed by atoms with van der Waals surface area (Å²) in [5.41, 5.74) is 1.25. The van der Waals surface area contributed by atoms with Gasteiger partial charge in [-0.25, -0.2) is 0 Å². The summed E-state index contributed by atoms with van der Waals surface area (Å²) < 4.78 is 0. The van der Waals surface area contributed by atoms with E-state index in [-0.39, 0.29) is 12.7 Å². The molecule has 4 nitrogen and oxygen atoms in total. The zero-order valence-electron chi connectivity index (χ0n) is 11.5. The van der Waals surface area contributed by atoms with Crippen molar-refractivity contribution in [2.75, 3.05) is 31.1 Å². The predicted molar refractivity (Wildman–Crippen MR) is 79.8 cm³/mol. The van der Waals surface area contributed by atoms with Gasteiger partial charge in [-0.05, 0) is 37.8 Å². The molecule has 0 aliphatic carbocycles. The SMILES string of the molecule is CC(O)C1CC(NCCCO)CN(c2ccsc2)C1. The molecule has 5 heteroatoms. The third-order valence-electron chi connectivity index (χ3n) is 3.80. The molecule has 1 fully saturated rings. The Kier molecular flexibility index (Phi) is 5.63. The second kappa shape index (κ2) is 7.24. The molecule has 3 unspecified atom stereocenters. The maximum Gasteiger partial charge on any atom is 0.0557 e. The van der Waals surface area contributed by atoms with Gasteiger partial charge in [-0.2, -0.15) is 11.3 Å². The monoisotopic (exact) mass is 284 g/mol. The van der Waals surface area contributed by atoms with Gasteiger partial charge in [0.05, 0.1) is 6.10 Å². The van der Waals surface area contributed by atoms with E-state index in [1.807, 2.05) is 6.92 Å². The van der Waals surface area contributed by atoms with E-state index in [4.69, 9.17) is 5.11 Å². The number of aliphatic hydroxyl groups is 2. The van der Waals surface area contributed by atoms with E-state index in [1.54, 1.807) is 11.3 Å². The Balaban J connectivity index is 1.96. The van der Waals surface area contributed by atoms with Crippen LogP contribution in [0, 0.1) is 5.92 Å². The highest BCUT2D eigenvalue weighted by molar-refractivity contribution is 7.08. The number of hydrogen-bond acceptors (Lipinski definition) is 5. The van der Waals surface area contributed by atoms with E-state index in [0.29, 0.717) is 12.0 Å². The van der Waals surface area contributed by atoms with Crippen molar-refractivity contribution in [2.45, 2.75) is 31.9 Å². The lowest BCUT2D eigenvalue weighted by molar-refractivity contribution is 0.106. The topological polar surface area (TPSA) is 55.7 Å². The maximum atomic E-state index is 9.89. The number of hydrogen-bond donors (Lipinski definition) is 3. The van der Waals surface area contributed by atoms with Crippen LogP contribution in [0.15, 0.2) is 16.8 Å². The van der Waals surface area contributed by atoms with Gasteiger partial charge in [0.2, 0.25) is 0 Å². The minimum atomic E-state index is -0.274. The first-order valence-electron chi connectivity index (χ1n) is 7.00. The second-order valence-corrected chi connectivity index (χ2v) is 6.13. The molecule has 0 aromatic carbocycles. The quantitative estimate of drug-likeness (QED) is 0.689. The van der Waals surface area contributed by atoms with E-state index in [9.17, 15) is 5.11 Å². The summed E-state index contributed by atoms with van der Waals surface area (Å²) in [5.74, 6) is 0.306. The molecule has 0 spiro atoms. The Morgan fingerprint density at radius 1 is 1.53 bits per heavy atom. The van der Waals surface area contributed by atoms with Crippen LogP contribution < -0.4 is 10.2 Å². The number of nitrogens with one attached hydrogen (secondary N) is 1. The van der Waals surface area contributed by atoms with Crippen molar-refractivity contribution >= 4 is 17.0 Å². The van der Waals surface area contributed by atoms with Crippen LogP contribution in [0.4, 0.5) is 5.69 Å². The van der Waals surface area contributed by atoms with Crippen molar-refractivity contribution in [3.05, 3.63) is 16.8 Å². The zero-order valence-corrected chi connectivity index (χ0v) is 12.3. The van der Waals surface area contributed by atoms with Crippen LogP contribution in [0.1, 0.15) is 19.8 Å². The highest BCUT2D eigenvalue weighted by atomic mass is 32.1. The van der Waals surface area contributed by atoms with Gasteiger partial charge in [-0.15, -0.1) is 0 Å². The molecule has 0 bridgehead atoms. The number of anilines is 1. The Morgan fingerprint density at radius 2 is 2.37 bits per heavy atom. The van der Waals surface area contributed by atoms with Gasteiger partial charge in [0, 0.05) is 42.7 Å². The van der Waals surface area contributed by atoms with E-state index in [0.717, 1.165) is 32.5 Å². The number of thiophene rings is 1. The fourth-order valence-corrected chi connectivity index (χ4v) is 3.33. The van der Waals surface area contributed by atoms with Crippen molar-refractivity contribution in [3.8, 4) is 0 Å². The Morgan fingerprint density at radius 3 is 3.00 bits per heavy atom. The summed E-state index contributed by atoms with van der Waals surface area (Å²) in [5, 5.41) is 26.5. The second-order valence-electron chi connectivity index (χ2n) is 5.35. The molecule has 2 rings (SSSR count). The molecular formula is C14H24N2O2S. The average Bonchev–Trinajstić information content (AvgIpc) is 2.92. The zero-order chi connectivity index (χ0) is 13.7. The first kappa shape index (κ1) is 14.8. The molecule has 0 saturated carbocycles. The first-order valence-corrected chi connectivity index (χ1v) is 7.94. The number of aliphatic hydroxyl groups excluding tert-OH is 2. The van der Waals surface area contributed by atoms with Crippen molar-refractivity contribution in [1.29, 1.82) is 0 Å². The summed E-state index contributed by atoms with van der Waals surface area (Å²) in [6.45, 7) is 4.85. The van der Waals surface area contributed by atoms with Gasteiger partial charge in [-0.1, -0.05) is 0 Å². The summed E-state index contributed by atoms with van der Waals surface area (Å²) in [7, 11) is 0. The minimum Gasteiger partial charge on any atom is -0.396 e. The van der Waals surface area contributed by atoms with Crippen molar-refractivity contribution in [3.63, 3.8) is 0 Å². The first-order chi connectivity index (χ1) is 9.20. The van der Waals surface area contributed by atoms with Crippen LogP contribution in [0.3, 0.4) is 0 Å². The highest BCUT2D eigenvalue weighted by Gasteiger charge is 2.29. The van der Waals surface area contributed by atoms with Gasteiger partial charge in [0.25, 0.3) is 0 Å². The lowest BCUT2D eigenvalue weighted by Gasteiger charge is -2.40. The molecule has 1 aliphatic rings. The largest absolute Gasteiger partial charge is 0.396 e. The Labute approximate surface area is 119 Å². The fraction of sp³-hybridized carbons (Fsp3) is 0.714. The molecule has 0 amide bonds. The van der Waals surface area contributed by atoms with E-state index in [2.05, 4.69) is 27.0 Å². The van der Waals surface area contributed by atoms with Crippen LogP contribution in [0.25, 0.3) is 0 Å². The molecule has 3 N–H and O–H groups in total. The summed E-state index contributed by atoms with van der Waals surface area (Å²) in [6.07, 6.45) is 1.52. The normalized spacial score (nSPS) is 25.5. The molecule has 1 saturated heterocycles. The van der Waals surface area contributed by atoms with Crippen molar-refractivity contribution in [1.82, 2.24) is 5.32 Å². The summed E-state index contributed by atoms with van der Waals surface area (Å²) in [4.78, 5) is 2.36. The summed E-state index contributed by atoms with van der Waals surface area (Å²) >= 11 is 1.71. The number of piperidine rings is 1. The van der Waals surface area contributed by atoms with Gasteiger partial charge < -0.3 is 20.4 Å². The van der Waals surface area contributed by atoms with Crippen LogP contribution in [0.2, 0.25) is 0 Å². The van der Waals surface area contributed by atoms with Gasteiger partial charge in [0.1, 0.15) is 0 Å². The van der Waals surface area contributed by atoms with Crippen LogP contribution >= 0.6 is 11.3 Å². The minimum absolute atomic E-state index is 0.230. The van der Waals surface area contributed by atoms with Crippen LogP contribution in [-0.4, -0.2) is 48.6 Å².